The summed E-state index contributed by atoms with van der Waals surface area (Å²) < 4.78 is 18.4. The zero-order valence-corrected chi connectivity index (χ0v) is 13.4. The molecule has 0 bridgehead atoms. The Morgan fingerprint density at radius 2 is 1.61 bits per heavy atom. The summed E-state index contributed by atoms with van der Waals surface area (Å²) in [6.07, 6.45) is 0. The SMILES string of the molecule is O=S(c1ccccc1)C(CO)COc1cccc2ccccc12. The van der Waals surface area contributed by atoms with E-state index in [1.54, 1.807) is 12.1 Å². The van der Waals surface area contributed by atoms with Gasteiger partial charge < -0.3 is 9.84 Å². The number of fused-ring (bicyclic) bond motifs is 1. The first-order valence-electron chi connectivity index (χ1n) is 7.46. The quantitative estimate of drug-likeness (QED) is 0.755. The van der Waals surface area contributed by atoms with Crippen molar-refractivity contribution in [2.45, 2.75) is 10.1 Å². The summed E-state index contributed by atoms with van der Waals surface area (Å²) in [4.78, 5) is 0.702. The van der Waals surface area contributed by atoms with Gasteiger partial charge in [-0.05, 0) is 23.6 Å². The largest absolute Gasteiger partial charge is 0.492 e. The van der Waals surface area contributed by atoms with E-state index in [-0.39, 0.29) is 13.2 Å². The Labute approximate surface area is 138 Å². The van der Waals surface area contributed by atoms with Crippen molar-refractivity contribution in [2.75, 3.05) is 13.2 Å². The van der Waals surface area contributed by atoms with Crippen molar-refractivity contribution < 1.29 is 14.1 Å². The molecule has 118 valence electrons. The van der Waals surface area contributed by atoms with E-state index in [2.05, 4.69) is 0 Å². The van der Waals surface area contributed by atoms with Crippen LogP contribution < -0.4 is 4.74 Å². The smallest absolute Gasteiger partial charge is 0.127 e. The van der Waals surface area contributed by atoms with E-state index in [9.17, 15) is 9.32 Å². The molecule has 2 atom stereocenters. The number of aliphatic hydroxyl groups is 1. The molecule has 3 aromatic rings. The molecule has 0 aliphatic carbocycles. The van der Waals surface area contributed by atoms with E-state index in [4.69, 9.17) is 4.74 Å². The summed E-state index contributed by atoms with van der Waals surface area (Å²) in [5.41, 5.74) is 0. The van der Waals surface area contributed by atoms with Crippen LogP contribution in [0.3, 0.4) is 0 Å². The molecule has 0 spiro atoms. The molecule has 2 unspecified atom stereocenters. The van der Waals surface area contributed by atoms with Crippen molar-refractivity contribution in [1.29, 1.82) is 0 Å². The molecule has 4 heteroatoms. The van der Waals surface area contributed by atoms with Gasteiger partial charge in [0.2, 0.25) is 0 Å². The molecule has 0 fully saturated rings. The second-order valence-corrected chi connectivity index (χ2v) is 6.94. The van der Waals surface area contributed by atoms with E-state index in [1.165, 1.54) is 0 Å². The molecule has 3 aromatic carbocycles. The topological polar surface area (TPSA) is 46.5 Å². The van der Waals surface area contributed by atoms with Gasteiger partial charge in [0.05, 0.1) is 22.7 Å². The minimum absolute atomic E-state index is 0.188. The predicted octanol–water partition coefficient (Wildman–Crippen LogP) is 3.39. The summed E-state index contributed by atoms with van der Waals surface area (Å²) in [5, 5.41) is 11.2. The maximum atomic E-state index is 12.5. The lowest BCUT2D eigenvalue weighted by Gasteiger charge is -2.16. The summed E-state index contributed by atoms with van der Waals surface area (Å²) in [6.45, 7) is 0.0122. The normalized spacial score (nSPS) is 13.6. The molecule has 0 aliphatic heterocycles. The molecule has 0 radical (unpaired) electrons. The Kier molecular flexibility index (Phi) is 5.05. The van der Waals surface area contributed by atoms with E-state index in [0.29, 0.717) is 4.90 Å². The highest BCUT2D eigenvalue weighted by Gasteiger charge is 2.18. The lowest BCUT2D eigenvalue weighted by Crippen LogP contribution is -2.27. The molecule has 0 saturated carbocycles. The van der Waals surface area contributed by atoms with Gasteiger partial charge in [-0.25, -0.2) is 0 Å². The predicted molar refractivity (Wildman–Crippen MR) is 93.2 cm³/mol. The molecule has 3 nitrogen and oxygen atoms in total. The van der Waals surface area contributed by atoms with Gasteiger partial charge in [-0.1, -0.05) is 54.6 Å². The third-order valence-electron chi connectivity index (χ3n) is 3.66. The molecule has 0 amide bonds. The number of hydrogen-bond donors (Lipinski definition) is 1. The van der Waals surface area contributed by atoms with Crippen molar-refractivity contribution in [3.8, 4) is 5.75 Å². The van der Waals surface area contributed by atoms with Crippen LogP contribution >= 0.6 is 0 Å². The summed E-state index contributed by atoms with van der Waals surface area (Å²) in [6, 6.07) is 23.0. The third-order valence-corrected chi connectivity index (χ3v) is 5.28. The van der Waals surface area contributed by atoms with Crippen molar-refractivity contribution in [2.24, 2.45) is 0 Å². The second kappa shape index (κ2) is 7.40. The van der Waals surface area contributed by atoms with Gasteiger partial charge in [0, 0.05) is 10.3 Å². The van der Waals surface area contributed by atoms with Crippen LogP contribution in [0.25, 0.3) is 10.8 Å². The van der Waals surface area contributed by atoms with Gasteiger partial charge in [-0.15, -0.1) is 0 Å². The molecule has 0 aliphatic rings. The van der Waals surface area contributed by atoms with E-state index in [0.717, 1.165) is 16.5 Å². The van der Waals surface area contributed by atoms with Crippen LogP contribution in [-0.4, -0.2) is 27.8 Å². The van der Waals surface area contributed by atoms with Crippen LogP contribution in [0.4, 0.5) is 0 Å². The minimum Gasteiger partial charge on any atom is -0.492 e. The number of rotatable bonds is 6. The monoisotopic (exact) mass is 326 g/mol. The molecule has 23 heavy (non-hydrogen) atoms. The second-order valence-electron chi connectivity index (χ2n) is 5.20. The Morgan fingerprint density at radius 1 is 0.913 bits per heavy atom. The number of ether oxygens (including phenoxy) is 1. The van der Waals surface area contributed by atoms with Crippen LogP contribution in [0.2, 0.25) is 0 Å². The fourth-order valence-electron chi connectivity index (χ4n) is 2.43. The zero-order chi connectivity index (χ0) is 16.1. The Morgan fingerprint density at radius 3 is 2.39 bits per heavy atom. The van der Waals surface area contributed by atoms with Gasteiger partial charge in [-0.2, -0.15) is 0 Å². The Bertz CT molecular complexity index is 797. The summed E-state index contributed by atoms with van der Waals surface area (Å²) >= 11 is 0. The lowest BCUT2D eigenvalue weighted by atomic mass is 10.1. The molecule has 0 aromatic heterocycles. The number of aliphatic hydroxyl groups excluding tert-OH is 1. The first-order valence-corrected chi connectivity index (χ1v) is 8.68. The first kappa shape index (κ1) is 15.7. The Hall–Kier alpha value is -2.17. The highest BCUT2D eigenvalue weighted by atomic mass is 32.2. The van der Waals surface area contributed by atoms with Crippen molar-refractivity contribution in [1.82, 2.24) is 0 Å². The third kappa shape index (κ3) is 3.60. The fourth-order valence-corrected chi connectivity index (χ4v) is 3.57. The van der Waals surface area contributed by atoms with Crippen LogP contribution in [0.1, 0.15) is 0 Å². The summed E-state index contributed by atoms with van der Waals surface area (Å²) in [7, 11) is -1.30. The van der Waals surface area contributed by atoms with Crippen molar-refractivity contribution in [3.05, 3.63) is 72.8 Å². The van der Waals surface area contributed by atoms with Crippen LogP contribution in [0.15, 0.2) is 77.7 Å². The number of hydrogen-bond acceptors (Lipinski definition) is 3. The van der Waals surface area contributed by atoms with Crippen molar-refractivity contribution >= 4 is 21.6 Å². The molecular weight excluding hydrogens is 308 g/mol. The molecule has 0 saturated heterocycles. The highest BCUT2D eigenvalue weighted by molar-refractivity contribution is 7.85. The lowest BCUT2D eigenvalue weighted by molar-refractivity contribution is 0.239. The van der Waals surface area contributed by atoms with Crippen LogP contribution in [0.5, 0.6) is 5.75 Å². The fraction of sp³-hybridized carbons (Fsp3) is 0.158. The average molecular weight is 326 g/mol. The number of benzene rings is 3. The van der Waals surface area contributed by atoms with E-state index >= 15 is 0 Å². The average Bonchev–Trinajstić information content (AvgIpc) is 2.63. The van der Waals surface area contributed by atoms with Gasteiger partial charge in [-0.3, -0.25) is 4.21 Å². The maximum Gasteiger partial charge on any atom is 0.127 e. The maximum absolute atomic E-state index is 12.5. The first-order chi connectivity index (χ1) is 11.3. The van der Waals surface area contributed by atoms with Crippen LogP contribution in [-0.2, 0) is 10.8 Å². The van der Waals surface area contributed by atoms with Gasteiger partial charge in [0.25, 0.3) is 0 Å². The molecule has 3 rings (SSSR count). The van der Waals surface area contributed by atoms with E-state index in [1.807, 2.05) is 60.7 Å². The minimum atomic E-state index is -1.30. The highest BCUT2D eigenvalue weighted by Crippen LogP contribution is 2.25. The zero-order valence-electron chi connectivity index (χ0n) is 12.6. The van der Waals surface area contributed by atoms with Gasteiger partial charge >= 0.3 is 0 Å². The molecule has 0 heterocycles. The Balaban J connectivity index is 1.76. The summed E-state index contributed by atoms with van der Waals surface area (Å²) in [5.74, 6) is 0.742. The molecular formula is C19H18O3S. The van der Waals surface area contributed by atoms with Gasteiger partial charge in [0.1, 0.15) is 12.4 Å². The van der Waals surface area contributed by atoms with E-state index < -0.39 is 16.0 Å². The standard InChI is InChI=1S/C19H18O3S/c20-13-17(23(21)16-9-2-1-3-10-16)14-22-19-12-6-8-15-7-4-5-11-18(15)19/h1-12,17,20H,13-14H2. The van der Waals surface area contributed by atoms with Crippen molar-refractivity contribution in [3.63, 3.8) is 0 Å². The molecule has 1 N–H and O–H groups in total. The van der Waals surface area contributed by atoms with Crippen LogP contribution in [0, 0.1) is 0 Å². The van der Waals surface area contributed by atoms with Gasteiger partial charge in [0.15, 0.2) is 0 Å².